The summed E-state index contributed by atoms with van der Waals surface area (Å²) in [4.78, 5) is 41.4. The molecule has 9 nitrogen and oxygen atoms in total. The molecule has 1 fully saturated rings. The van der Waals surface area contributed by atoms with Gasteiger partial charge in [0.05, 0.1) is 24.4 Å². The quantitative estimate of drug-likeness (QED) is 0.535. The summed E-state index contributed by atoms with van der Waals surface area (Å²) in [6.07, 6.45) is 1.29. The average molecular weight is 472 g/mol. The first-order valence-electron chi connectivity index (χ1n) is 11.8. The molecule has 2 rings (SSSR count). The zero-order chi connectivity index (χ0) is 25.1. The molecule has 0 spiro atoms. The number of rotatable bonds is 9. The van der Waals surface area contributed by atoms with Gasteiger partial charge in [-0.2, -0.15) is 5.26 Å². The van der Waals surface area contributed by atoms with E-state index in [0.29, 0.717) is 19.6 Å². The van der Waals surface area contributed by atoms with Crippen LogP contribution in [-0.4, -0.2) is 67.2 Å². The molecule has 0 aliphatic carbocycles. The number of anilines is 1. The van der Waals surface area contributed by atoms with E-state index in [9.17, 15) is 14.4 Å². The van der Waals surface area contributed by atoms with Crippen LogP contribution in [0, 0.1) is 17.2 Å². The number of likely N-dealkylation sites (tertiary alicyclic amines) is 1. The molecule has 0 aromatic heterocycles. The number of piperidine rings is 1. The van der Waals surface area contributed by atoms with Crippen molar-refractivity contribution in [2.75, 3.05) is 37.6 Å². The van der Waals surface area contributed by atoms with E-state index in [0.717, 1.165) is 25.1 Å². The summed E-state index contributed by atoms with van der Waals surface area (Å²) >= 11 is 0. The minimum Gasteiger partial charge on any atom is -0.444 e. The van der Waals surface area contributed by atoms with Crippen LogP contribution in [-0.2, 0) is 14.3 Å². The summed E-state index contributed by atoms with van der Waals surface area (Å²) in [6, 6.07) is 11.0. The lowest BCUT2D eigenvalue weighted by atomic mass is 9.95. The van der Waals surface area contributed by atoms with E-state index in [1.165, 1.54) is 0 Å². The second kappa shape index (κ2) is 12.9. The monoisotopic (exact) mass is 471 g/mol. The summed E-state index contributed by atoms with van der Waals surface area (Å²) in [5.74, 6) is -0.390. The molecule has 1 heterocycles. The summed E-state index contributed by atoms with van der Waals surface area (Å²) in [5, 5.41) is 14.5. The number of carbonyl (C=O) groups is 3. The predicted octanol–water partition coefficient (Wildman–Crippen LogP) is 2.67. The van der Waals surface area contributed by atoms with Gasteiger partial charge >= 0.3 is 6.09 Å². The molecule has 1 aliphatic heterocycles. The van der Waals surface area contributed by atoms with Crippen LogP contribution in [0.25, 0.3) is 0 Å². The summed E-state index contributed by atoms with van der Waals surface area (Å²) < 4.78 is 5.18. The van der Waals surface area contributed by atoms with Gasteiger partial charge in [0.2, 0.25) is 11.8 Å². The molecule has 0 saturated carbocycles. The minimum atomic E-state index is -0.572. The minimum absolute atomic E-state index is 0.0796. The normalized spacial score (nSPS) is 17.2. The fourth-order valence-electron chi connectivity index (χ4n) is 3.90. The Kier molecular flexibility index (Phi) is 10.3. The van der Waals surface area contributed by atoms with Crippen LogP contribution in [0.3, 0.4) is 0 Å². The zero-order valence-corrected chi connectivity index (χ0v) is 20.7. The van der Waals surface area contributed by atoms with Crippen molar-refractivity contribution >= 4 is 23.6 Å². The van der Waals surface area contributed by atoms with Gasteiger partial charge in [0, 0.05) is 31.9 Å². The lowest BCUT2D eigenvalue weighted by Crippen LogP contribution is -2.53. The van der Waals surface area contributed by atoms with E-state index in [1.54, 1.807) is 25.7 Å². The molecule has 2 unspecified atom stereocenters. The maximum atomic E-state index is 13.3. The van der Waals surface area contributed by atoms with Crippen molar-refractivity contribution in [3.8, 4) is 6.07 Å². The molecule has 186 valence electrons. The Bertz CT molecular complexity index is 862. The lowest BCUT2D eigenvalue weighted by molar-refractivity contribution is -0.130. The van der Waals surface area contributed by atoms with Crippen molar-refractivity contribution in [3.63, 3.8) is 0 Å². The molecule has 1 aromatic carbocycles. The number of carbonyl (C=O) groups excluding carboxylic acids is 3. The number of benzene rings is 1. The van der Waals surface area contributed by atoms with E-state index in [1.807, 2.05) is 42.2 Å². The Morgan fingerprint density at radius 3 is 2.53 bits per heavy atom. The largest absolute Gasteiger partial charge is 0.444 e. The number of nitrogens with zero attached hydrogens (tertiary/aromatic N) is 3. The van der Waals surface area contributed by atoms with Crippen LogP contribution >= 0.6 is 0 Å². The lowest BCUT2D eigenvalue weighted by Gasteiger charge is -2.37. The third-order valence-electron chi connectivity index (χ3n) is 5.60. The Hall–Kier alpha value is -3.12. The van der Waals surface area contributed by atoms with Gasteiger partial charge < -0.3 is 20.3 Å². The average Bonchev–Trinajstić information content (AvgIpc) is 2.81. The maximum absolute atomic E-state index is 13.3. The third-order valence-corrected chi connectivity index (χ3v) is 5.60. The van der Waals surface area contributed by atoms with Gasteiger partial charge in [-0.05, 0) is 59.2 Å². The topological polar surface area (TPSA) is 115 Å². The number of hydrogen-bond acceptors (Lipinski definition) is 6. The van der Waals surface area contributed by atoms with Gasteiger partial charge in [-0.25, -0.2) is 4.79 Å². The van der Waals surface area contributed by atoms with Crippen LogP contribution in [0.15, 0.2) is 30.3 Å². The molecule has 0 radical (unpaired) electrons. The maximum Gasteiger partial charge on any atom is 0.407 e. The van der Waals surface area contributed by atoms with E-state index >= 15 is 0 Å². The van der Waals surface area contributed by atoms with E-state index in [2.05, 4.69) is 16.7 Å². The molecule has 1 aliphatic rings. The Labute approximate surface area is 202 Å². The molecule has 0 bridgehead atoms. The third kappa shape index (κ3) is 8.67. The number of para-hydroxylation sites is 1. The highest BCUT2D eigenvalue weighted by atomic mass is 16.6. The van der Waals surface area contributed by atoms with E-state index in [4.69, 9.17) is 10.00 Å². The number of amides is 3. The first-order chi connectivity index (χ1) is 16.1. The molecule has 1 saturated heterocycles. The molecule has 9 heteroatoms. The number of hydrogen-bond donors (Lipinski definition) is 2. The van der Waals surface area contributed by atoms with Gasteiger partial charge in [0.1, 0.15) is 5.60 Å². The van der Waals surface area contributed by atoms with Gasteiger partial charge in [-0.3, -0.25) is 14.5 Å². The smallest absolute Gasteiger partial charge is 0.407 e. The first-order valence-corrected chi connectivity index (χ1v) is 11.8. The summed E-state index contributed by atoms with van der Waals surface area (Å²) in [7, 11) is 0. The predicted molar refractivity (Wildman–Crippen MR) is 130 cm³/mol. The second-order valence-electron chi connectivity index (χ2n) is 9.46. The summed E-state index contributed by atoms with van der Waals surface area (Å²) in [5.41, 5.74) is 0.191. The highest BCUT2D eigenvalue weighted by Crippen LogP contribution is 2.22. The van der Waals surface area contributed by atoms with Gasteiger partial charge in [-0.15, -0.1) is 0 Å². The van der Waals surface area contributed by atoms with Crippen molar-refractivity contribution in [3.05, 3.63) is 30.3 Å². The van der Waals surface area contributed by atoms with Crippen molar-refractivity contribution in [2.24, 2.45) is 5.92 Å². The molecular weight excluding hydrogens is 434 g/mol. The van der Waals surface area contributed by atoms with Crippen molar-refractivity contribution < 1.29 is 19.1 Å². The second-order valence-corrected chi connectivity index (χ2v) is 9.46. The molecular formula is C25H37N5O4. The van der Waals surface area contributed by atoms with Crippen LogP contribution in [0.5, 0.6) is 0 Å². The van der Waals surface area contributed by atoms with E-state index < -0.39 is 17.7 Å². The molecule has 2 N–H and O–H groups in total. The Morgan fingerprint density at radius 2 is 1.88 bits per heavy atom. The molecule has 1 aromatic rings. The molecule has 3 amide bonds. The van der Waals surface area contributed by atoms with Crippen molar-refractivity contribution in [1.29, 1.82) is 5.26 Å². The van der Waals surface area contributed by atoms with Crippen LogP contribution < -0.4 is 15.5 Å². The zero-order valence-electron chi connectivity index (χ0n) is 20.7. The fourth-order valence-corrected chi connectivity index (χ4v) is 3.90. The number of nitriles is 1. The number of nitrogens with one attached hydrogen (secondary N) is 2. The summed E-state index contributed by atoms with van der Waals surface area (Å²) in [6.45, 7) is 9.35. The van der Waals surface area contributed by atoms with E-state index in [-0.39, 0.29) is 30.7 Å². The Morgan fingerprint density at radius 1 is 1.21 bits per heavy atom. The van der Waals surface area contributed by atoms with Crippen molar-refractivity contribution in [2.45, 2.75) is 58.6 Å². The fraction of sp³-hybridized carbons (Fsp3) is 0.600. The van der Waals surface area contributed by atoms with Gasteiger partial charge in [0.15, 0.2) is 0 Å². The van der Waals surface area contributed by atoms with Crippen molar-refractivity contribution in [1.82, 2.24) is 15.5 Å². The number of ether oxygens (including phenoxy) is 1. The first kappa shape index (κ1) is 27.1. The van der Waals surface area contributed by atoms with Gasteiger partial charge in [0.25, 0.3) is 0 Å². The molecule has 34 heavy (non-hydrogen) atoms. The molecule has 2 atom stereocenters. The van der Waals surface area contributed by atoms with Crippen LogP contribution in [0.2, 0.25) is 0 Å². The van der Waals surface area contributed by atoms with Crippen LogP contribution in [0.4, 0.5) is 10.5 Å². The highest BCUT2D eigenvalue weighted by molar-refractivity contribution is 5.97. The highest BCUT2D eigenvalue weighted by Gasteiger charge is 2.33. The Balaban J connectivity index is 1.88. The van der Waals surface area contributed by atoms with Crippen LogP contribution in [0.1, 0.15) is 47.0 Å². The van der Waals surface area contributed by atoms with Gasteiger partial charge in [-0.1, -0.05) is 18.2 Å². The standard InChI is InChI=1S/C25H37N5O4/c1-19(23(32)30(17-9-13-26)21-11-6-5-7-12-21)29-16-8-10-20(18-29)22(31)27-14-15-28-24(33)34-25(2,3)4/h5-7,11-12,19-20H,8-10,14-18H2,1-4H3,(H,27,31)(H,28,33). The SMILES string of the molecule is CC(C(=O)N(CCC#N)c1ccccc1)N1CCCC(C(=O)NCCNC(=O)OC(C)(C)C)C1. The number of alkyl carbamates (subject to hydrolysis) is 1.